The minimum Gasteiger partial charge on any atom is -0.379 e. The average molecular weight is 328 g/mol. The fraction of sp³-hybridized carbons (Fsp3) is 0.500. The van der Waals surface area contributed by atoms with Gasteiger partial charge in [-0.15, -0.1) is 0 Å². The first-order valence-electron chi connectivity index (χ1n) is 8.71. The number of morpholine rings is 1. The van der Waals surface area contributed by atoms with Crippen molar-refractivity contribution in [2.75, 3.05) is 51.3 Å². The van der Waals surface area contributed by atoms with Gasteiger partial charge in [0.2, 0.25) is 0 Å². The number of aromatic amines is 1. The standard InChI is InChI=1S/C18H24N4O2/c23-18(20-16-1-2-17-15(11-16)3-5-19-17)22-6-4-14(13-22)12-21-7-9-24-10-8-21/h1-3,5,11,14,19H,4,6-10,12-13H2,(H,20,23)/t14-/m1/s1. The van der Waals surface area contributed by atoms with Crippen molar-refractivity contribution in [3.05, 3.63) is 30.5 Å². The van der Waals surface area contributed by atoms with Crippen LogP contribution in [0.15, 0.2) is 30.5 Å². The van der Waals surface area contributed by atoms with Crippen LogP contribution in [0.3, 0.4) is 0 Å². The third-order valence-corrected chi connectivity index (χ3v) is 5.00. The zero-order valence-electron chi connectivity index (χ0n) is 13.8. The molecular formula is C18H24N4O2. The Morgan fingerprint density at radius 1 is 1.25 bits per heavy atom. The number of anilines is 1. The van der Waals surface area contributed by atoms with Crippen molar-refractivity contribution in [3.63, 3.8) is 0 Å². The van der Waals surface area contributed by atoms with Gasteiger partial charge < -0.3 is 19.9 Å². The Morgan fingerprint density at radius 3 is 3.00 bits per heavy atom. The second kappa shape index (κ2) is 6.83. The molecule has 24 heavy (non-hydrogen) atoms. The normalized spacial score (nSPS) is 22.2. The third-order valence-electron chi connectivity index (χ3n) is 5.00. The van der Waals surface area contributed by atoms with E-state index in [0.29, 0.717) is 5.92 Å². The Balaban J connectivity index is 1.31. The van der Waals surface area contributed by atoms with Crippen LogP contribution in [0.5, 0.6) is 0 Å². The first-order chi connectivity index (χ1) is 11.8. The highest BCUT2D eigenvalue weighted by Crippen LogP contribution is 2.21. The molecule has 4 rings (SSSR count). The van der Waals surface area contributed by atoms with Gasteiger partial charge >= 0.3 is 6.03 Å². The number of amides is 2. The van der Waals surface area contributed by atoms with E-state index < -0.39 is 0 Å². The van der Waals surface area contributed by atoms with Gasteiger partial charge in [-0.2, -0.15) is 0 Å². The fourth-order valence-corrected chi connectivity index (χ4v) is 3.65. The van der Waals surface area contributed by atoms with Crippen LogP contribution in [-0.2, 0) is 4.74 Å². The average Bonchev–Trinajstić information content (AvgIpc) is 3.24. The molecule has 0 unspecified atom stereocenters. The van der Waals surface area contributed by atoms with Crippen molar-refractivity contribution in [2.24, 2.45) is 5.92 Å². The monoisotopic (exact) mass is 328 g/mol. The van der Waals surface area contributed by atoms with Crippen LogP contribution in [-0.4, -0.2) is 66.8 Å². The van der Waals surface area contributed by atoms with E-state index in [1.807, 2.05) is 35.4 Å². The number of urea groups is 1. The number of likely N-dealkylation sites (tertiary alicyclic amines) is 1. The SMILES string of the molecule is O=C(Nc1ccc2[nH]ccc2c1)N1CC[C@H](CN2CCOCC2)C1. The van der Waals surface area contributed by atoms with Gasteiger partial charge in [0.05, 0.1) is 13.2 Å². The summed E-state index contributed by atoms with van der Waals surface area (Å²) in [5.41, 5.74) is 1.93. The van der Waals surface area contributed by atoms with E-state index in [9.17, 15) is 4.79 Å². The number of fused-ring (bicyclic) bond motifs is 1. The maximum absolute atomic E-state index is 12.5. The molecule has 2 N–H and O–H groups in total. The van der Waals surface area contributed by atoms with E-state index in [0.717, 1.165) is 68.9 Å². The highest BCUT2D eigenvalue weighted by atomic mass is 16.5. The molecule has 1 atom stereocenters. The Kier molecular flexibility index (Phi) is 4.40. The largest absolute Gasteiger partial charge is 0.379 e. The summed E-state index contributed by atoms with van der Waals surface area (Å²) in [5.74, 6) is 0.570. The number of carbonyl (C=O) groups excluding carboxylic acids is 1. The van der Waals surface area contributed by atoms with Gasteiger partial charge in [0.25, 0.3) is 0 Å². The number of H-pyrrole nitrogens is 1. The van der Waals surface area contributed by atoms with E-state index >= 15 is 0 Å². The first-order valence-corrected chi connectivity index (χ1v) is 8.71. The molecule has 0 bridgehead atoms. The predicted molar refractivity (Wildman–Crippen MR) is 94.3 cm³/mol. The van der Waals surface area contributed by atoms with Gasteiger partial charge in [0.15, 0.2) is 0 Å². The van der Waals surface area contributed by atoms with Crippen LogP contribution >= 0.6 is 0 Å². The highest BCUT2D eigenvalue weighted by molar-refractivity contribution is 5.92. The van der Waals surface area contributed by atoms with E-state index in [-0.39, 0.29) is 6.03 Å². The van der Waals surface area contributed by atoms with Crippen LogP contribution in [0.1, 0.15) is 6.42 Å². The summed E-state index contributed by atoms with van der Waals surface area (Å²) in [5, 5.41) is 4.14. The van der Waals surface area contributed by atoms with Crippen LogP contribution in [0.25, 0.3) is 10.9 Å². The number of carbonyl (C=O) groups is 1. The van der Waals surface area contributed by atoms with Gasteiger partial charge in [-0.25, -0.2) is 4.79 Å². The molecule has 6 heteroatoms. The molecule has 0 radical (unpaired) electrons. The number of nitrogens with zero attached hydrogens (tertiary/aromatic N) is 2. The molecule has 0 aliphatic carbocycles. The Hall–Kier alpha value is -2.05. The number of aromatic nitrogens is 1. The topological polar surface area (TPSA) is 60.6 Å². The Bertz CT molecular complexity index is 708. The first kappa shape index (κ1) is 15.5. The molecule has 6 nitrogen and oxygen atoms in total. The van der Waals surface area contributed by atoms with E-state index in [1.165, 1.54) is 0 Å². The van der Waals surface area contributed by atoms with Crippen molar-refractivity contribution < 1.29 is 9.53 Å². The summed E-state index contributed by atoms with van der Waals surface area (Å²) in [6.07, 6.45) is 2.99. The number of benzene rings is 1. The Morgan fingerprint density at radius 2 is 2.12 bits per heavy atom. The van der Waals surface area contributed by atoms with Crippen molar-refractivity contribution in [1.82, 2.24) is 14.8 Å². The summed E-state index contributed by atoms with van der Waals surface area (Å²) >= 11 is 0. The summed E-state index contributed by atoms with van der Waals surface area (Å²) in [6.45, 7) is 6.45. The van der Waals surface area contributed by atoms with E-state index in [2.05, 4.69) is 15.2 Å². The van der Waals surface area contributed by atoms with Crippen LogP contribution in [0.2, 0.25) is 0 Å². The summed E-state index contributed by atoms with van der Waals surface area (Å²) in [6, 6.07) is 7.97. The molecule has 2 amide bonds. The molecule has 0 spiro atoms. The van der Waals surface area contributed by atoms with E-state index in [4.69, 9.17) is 4.74 Å². The van der Waals surface area contributed by atoms with Gasteiger partial charge in [-0.1, -0.05) is 0 Å². The quantitative estimate of drug-likeness (QED) is 0.909. The van der Waals surface area contributed by atoms with Gasteiger partial charge in [0.1, 0.15) is 0 Å². The van der Waals surface area contributed by atoms with Crippen molar-refractivity contribution >= 4 is 22.6 Å². The van der Waals surface area contributed by atoms with Gasteiger partial charge in [0, 0.05) is 55.5 Å². The molecule has 2 aliphatic heterocycles. The predicted octanol–water partition coefficient (Wildman–Crippen LogP) is 2.35. The lowest BCUT2D eigenvalue weighted by Gasteiger charge is -2.29. The molecule has 128 valence electrons. The second-order valence-corrected chi connectivity index (χ2v) is 6.72. The molecule has 2 fully saturated rings. The number of rotatable bonds is 3. The van der Waals surface area contributed by atoms with Crippen molar-refractivity contribution in [3.8, 4) is 0 Å². The van der Waals surface area contributed by atoms with Crippen LogP contribution in [0, 0.1) is 5.92 Å². The van der Waals surface area contributed by atoms with Gasteiger partial charge in [-0.3, -0.25) is 4.90 Å². The minimum absolute atomic E-state index is 0.00867. The molecule has 1 aromatic heterocycles. The van der Waals surface area contributed by atoms with Crippen LogP contribution in [0.4, 0.5) is 10.5 Å². The number of ether oxygens (including phenoxy) is 1. The van der Waals surface area contributed by atoms with E-state index in [1.54, 1.807) is 0 Å². The molecule has 2 aromatic rings. The zero-order valence-corrected chi connectivity index (χ0v) is 13.8. The number of hydrogen-bond acceptors (Lipinski definition) is 3. The highest BCUT2D eigenvalue weighted by Gasteiger charge is 2.28. The molecule has 3 heterocycles. The lowest BCUT2D eigenvalue weighted by Crippen LogP contribution is -2.40. The van der Waals surface area contributed by atoms with Crippen molar-refractivity contribution in [1.29, 1.82) is 0 Å². The number of nitrogens with one attached hydrogen (secondary N) is 2. The molecular weight excluding hydrogens is 304 g/mol. The van der Waals surface area contributed by atoms with Crippen LogP contribution < -0.4 is 5.32 Å². The maximum Gasteiger partial charge on any atom is 0.321 e. The molecule has 0 saturated carbocycles. The lowest BCUT2D eigenvalue weighted by atomic mass is 10.1. The smallest absolute Gasteiger partial charge is 0.321 e. The zero-order chi connectivity index (χ0) is 16.4. The lowest BCUT2D eigenvalue weighted by molar-refractivity contribution is 0.0314. The number of hydrogen-bond donors (Lipinski definition) is 2. The summed E-state index contributed by atoms with van der Waals surface area (Å²) < 4.78 is 5.40. The Labute approximate surface area is 141 Å². The second-order valence-electron chi connectivity index (χ2n) is 6.72. The third kappa shape index (κ3) is 3.39. The molecule has 1 aromatic carbocycles. The molecule has 2 saturated heterocycles. The summed E-state index contributed by atoms with van der Waals surface area (Å²) in [7, 11) is 0. The maximum atomic E-state index is 12.5. The van der Waals surface area contributed by atoms with Crippen molar-refractivity contribution in [2.45, 2.75) is 6.42 Å². The van der Waals surface area contributed by atoms with Gasteiger partial charge in [-0.05, 0) is 36.6 Å². The fourth-order valence-electron chi connectivity index (χ4n) is 3.65. The summed E-state index contributed by atoms with van der Waals surface area (Å²) in [4.78, 5) is 20.1. The minimum atomic E-state index is 0.00867. The molecule has 2 aliphatic rings.